The molecular weight excluding hydrogens is 252 g/mol. The first-order valence-electron chi connectivity index (χ1n) is 5.31. The third-order valence-corrected chi connectivity index (χ3v) is 3.70. The lowest BCUT2D eigenvalue weighted by molar-refractivity contribution is -0.121. The minimum Gasteiger partial charge on any atom is -0.454 e. The Kier molecular flexibility index (Phi) is 2.52. The van der Waals surface area contributed by atoms with E-state index in [0.29, 0.717) is 16.4 Å². The molecule has 0 aromatic heterocycles. The van der Waals surface area contributed by atoms with Gasteiger partial charge in [-0.05, 0) is 35.5 Å². The van der Waals surface area contributed by atoms with Gasteiger partial charge in [-0.15, -0.1) is 0 Å². The molecular formula is C12H10N2O3S. The molecule has 1 aromatic rings. The molecule has 0 aliphatic carbocycles. The molecule has 2 aliphatic heterocycles. The standard InChI is InChI=1S/C12H10N2O3S/c1-14-11(15)10(18-12(14)13)5-7-2-3-8-9(4-7)17-6-16-8/h2-5,13H,6H2,1H3. The molecule has 1 amide bonds. The van der Waals surface area contributed by atoms with E-state index in [1.54, 1.807) is 13.1 Å². The van der Waals surface area contributed by atoms with Gasteiger partial charge in [-0.2, -0.15) is 0 Å². The van der Waals surface area contributed by atoms with Gasteiger partial charge in [0.2, 0.25) is 6.79 Å². The average Bonchev–Trinajstić information content (AvgIpc) is 2.91. The van der Waals surface area contributed by atoms with E-state index in [9.17, 15) is 4.79 Å². The van der Waals surface area contributed by atoms with Crippen molar-refractivity contribution in [3.05, 3.63) is 28.7 Å². The van der Waals surface area contributed by atoms with Gasteiger partial charge in [-0.1, -0.05) is 6.07 Å². The zero-order valence-corrected chi connectivity index (χ0v) is 10.4. The van der Waals surface area contributed by atoms with Gasteiger partial charge in [0.25, 0.3) is 5.91 Å². The highest BCUT2D eigenvalue weighted by molar-refractivity contribution is 8.18. The summed E-state index contributed by atoms with van der Waals surface area (Å²) in [5.41, 5.74) is 0.859. The molecule has 0 atom stereocenters. The molecule has 0 radical (unpaired) electrons. The number of nitrogens with one attached hydrogen (secondary N) is 1. The summed E-state index contributed by atoms with van der Waals surface area (Å²) < 4.78 is 10.5. The third-order valence-electron chi connectivity index (χ3n) is 2.72. The van der Waals surface area contributed by atoms with E-state index in [1.807, 2.05) is 18.2 Å². The smallest absolute Gasteiger partial charge is 0.266 e. The summed E-state index contributed by atoms with van der Waals surface area (Å²) in [7, 11) is 1.60. The number of nitrogens with zero attached hydrogens (tertiary/aromatic N) is 1. The average molecular weight is 262 g/mol. The van der Waals surface area contributed by atoms with Crippen molar-refractivity contribution in [3.63, 3.8) is 0 Å². The largest absolute Gasteiger partial charge is 0.454 e. The Labute approximate surface area is 108 Å². The highest BCUT2D eigenvalue weighted by atomic mass is 32.2. The molecule has 92 valence electrons. The van der Waals surface area contributed by atoms with Crippen molar-refractivity contribution in [1.82, 2.24) is 4.90 Å². The zero-order valence-electron chi connectivity index (χ0n) is 9.60. The van der Waals surface area contributed by atoms with Crippen molar-refractivity contribution < 1.29 is 14.3 Å². The number of fused-ring (bicyclic) bond motifs is 1. The van der Waals surface area contributed by atoms with Crippen LogP contribution in [0.15, 0.2) is 23.1 Å². The van der Waals surface area contributed by atoms with Gasteiger partial charge in [0.05, 0.1) is 4.91 Å². The molecule has 1 fully saturated rings. The van der Waals surface area contributed by atoms with Crippen LogP contribution in [0, 0.1) is 5.41 Å². The van der Waals surface area contributed by atoms with Crippen molar-refractivity contribution in [1.29, 1.82) is 5.41 Å². The van der Waals surface area contributed by atoms with Crippen LogP contribution in [-0.4, -0.2) is 29.8 Å². The molecule has 5 nitrogen and oxygen atoms in total. The van der Waals surface area contributed by atoms with Gasteiger partial charge >= 0.3 is 0 Å². The molecule has 18 heavy (non-hydrogen) atoms. The Morgan fingerprint density at radius 2 is 2.17 bits per heavy atom. The lowest BCUT2D eigenvalue weighted by Crippen LogP contribution is -2.22. The fraction of sp³-hybridized carbons (Fsp3) is 0.167. The van der Waals surface area contributed by atoms with Gasteiger partial charge < -0.3 is 9.47 Å². The Bertz CT molecular complexity index is 583. The number of benzene rings is 1. The van der Waals surface area contributed by atoms with Crippen LogP contribution in [-0.2, 0) is 4.79 Å². The quantitative estimate of drug-likeness (QED) is 0.785. The van der Waals surface area contributed by atoms with E-state index in [0.717, 1.165) is 17.3 Å². The SMILES string of the molecule is CN1C(=N)SC(=Cc2ccc3c(c2)OCO3)C1=O. The fourth-order valence-corrected chi connectivity index (χ4v) is 2.57. The first kappa shape index (κ1) is 11.2. The molecule has 0 unspecified atom stereocenters. The Hall–Kier alpha value is -1.95. The van der Waals surface area contributed by atoms with Crippen molar-refractivity contribution >= 4 is 28.9 Å². The number of amidine groups is 1. The van der Waals surface area contributed by atoms with Gasteiger partial charge in [0.15, 0.2) is 16.7 Å². The maximum absolute atomic E-state index is 11.8. The molecule has 2 aliphatic rings. The summed E-state index contributed by atoms with van der Waals surface area (Å²) in [4.78, 5) is 13.7. The van der Waals surface area contributed by atoms with Crippen LogP contribution in [0.3, 0.4) is 0 Å². The monoisotopic (exact) mass is 262 g/mol. The van der Waals surface area contributed by atoms with Gasteiger partial charge in [-0.25, -0.2) is 0 Å². The Morgan fingerprint density at radius 3 is 2.89 bits per heavy atom. The molecule has 2 heterocycles. The molecule has 1 aromatic carbocycles. The molecule has 0 bridgehead atoms. The summed E-state index contributed by atoms with van der Waals surface area (Å²) in [6.45, 7) is 0.233. The molecule has 0 saturated carbocycles. The molecule has 0 spiro atoms. The van der Waals surface area contributed by atoms with Crippen LogP contribution in [0.2, 0.25) is 0 Å². The van der Waals surface area contributed by atoms with Crippen LogP contribution in [0.4, 0.5) is 0 Å². The second-order valence-corrected chi connectivity index (χ2v) is 4.92. The summed E-state index contributed by atoms with van der Waals surface area (Å²) in [5, 5.41) is 7.83. The fourth-order valence-electron chi connectivity index (χ4n) is 1.72. The second-order valence-electron chi connectivity index (χ2n) is 3.89. The highest BCUT2D eigenvalue weighted by Crippen LogP contribution is 2.35. The lowest BCUT2D eigenvalue weighted by atomic mass is 10.2. The van der Waals surface area contributed by atoms with Crippen LogP contribution >= 0.6 is 11.8 Å². The normalized spacial score (nSPS) is 20.1. The number of hydrogen-bond donors (Lipinski definition) is 1. The summed E-state index contributed by atoms with van der Waals surface area (Å²) in [5.74, 6) is 1.25. The van der Waals surface area contributed by atoms with E-state index >= 15 is 0 Å². The summed E-state index contributed by atoms with van der Waals surface area (Å²) >= 11 is 1.16. The van der Waals surface area contributed by atoms with Crippen LogP contribution in [0.5, 0.6) is 11.5 Å². The first-order valence-corrected chi connectivity index (χ1v) is 6.12. The van der Waals surface area contributed by atoms with Crippen molar-refractivity contribution in [2.45, 2.75) is 0 Å². The number of carbonyl (C=O) groups is 1. The molecule has 1 saturated heterocycles. The minimum atomic E-state index is -0.150. The topological polar surface area (TPSA) is 62.6 Å². The van der Waals surface area contributed by atoms with E-state index < -0.39 is 0 Å². The number of carbonyl (C=O) groups excluding carboxylic acids is 1. The van der Waals surface area contributed by atoms with Crippen molar-refractivity contribution in [2.75, 3.05) is 13.8 Å². The van der Waals surface area contributed by atoms with Crippen LogP contribution < -0.4 is 9.47 Å². The number of ether oxygens (including phenoxy) is 2. The predicted molar refractivity (Wildman–Crippen MR) is 68.6 cm³/mol. The second kappa shape index (κ2) is 4.06. The number of likely N-dealkylation sites (N-methyl/N-ethyl adjacent to an activating group) is 1. The predicted octanol–water partition coefficient (Wildman–Crippen LogP) is 1.90. The maximum atomic E-state index is 11.8. The zero-order chi connectivity index (χ0) is 12.7. The molecule has 3 rings (SSSR count). The van der Waals surface area contributed by atoms with E-state index in [1.165, 1.54) is 4.90 Å². The number of amides is 1. The van der Waals surface area contributed by atoms with Crippen LogP contribution in [0.25, 0.3) is 6.08 Å². The number of hydrogen-bond acceptors (Lipinski definition) is 5. The summed E-state index contributed by atoms with van der Waals surface area (Å²) in [6.07, 6.45) is 1.76. The summed E-state index contributed by atoms with van der Waals surface area (Å²) in [6, 6.07) is 5.50. The number of thioether (sulfide) groups is 1. The number of rotatable bonds is 1. The molecule has 6 heteroatoms. The van der Waals surface area contributed by atoms with Gasteiger partial charge in [0.1, 0.15) is 0 Å². The van der Waals surface area contributed by atoms with E-state index in [-0.39, 0.29) is 17.9 Å². The third kappa shape index (κ3) is 1.74. The molecule has 1 N–H and O–H groups in total. The van der Waals surface area contributed by atoms with E-state index in [4.69, 9.17) is 14.9 Å². The Morgan fingerprint density at radius 1 is 1.39 bits per heavy atom. The van der Waals surface area contributed by atoms with Crippen molar-refractivity contribution in [3.8, 4) is 11.5 Å². The first-order chi connectivity index (χ1) is 8.65. The minimum absolute atomic E-state index is 0.150. The maximum Gasteiger partial charge on any atom is 0.266 e. The highest BCUT2D eigenvalue weighted by Gasteiger charge is 2.29. The van der Waals surface area contributed by atoms with Crippen molar-refractivity contribution in [2.24, 2.45) is 0 Å². The van der Waals surface area contributed by atoms with Crippen LogP contribution in [0.1, 0.15) is 5.56 Å². The Balaban J connectivity index is 1.93. The van der Waals surface area contributed by atoms with Gasteiger partial charge in [0, 0.05) is 7.05 Å². The van der Waals surface area contributed by atoms with E-state index in [2.05, 4.69) is 0 Å². The van der Waals surface area contributed by atoms with Gasteiger partial charge in [-0.3, -0.25) is 15.1 Å². The lowest BCUT2D eigenvalue weighted by Gasteiger charge is -2.03.